The minimum absolute atomic E-state index is 0.0693. The standard InChI is InChI=1S/C20H19Cl2N3O2S/c1-20-16(18(26)24(2)3)17(14-10-12(22)7-8-15(14)27-20)23-19(28)25(20)13-6-4-5-11(21)9-13/h4-10,16-17H,1-3H3,(H,23,28)/t16-,17-,20-/m0/s1. The van der Waals surface area contributed by atoms with Crippen molar-refractivity contribution in [3.8, 4) is 5.75 Å². The van der Waals surface area contributed by atoms with Gasteiger partial charge < -0.3 is 15.0 Å². The van der Waals surface area contributed by atoms with Crippen LogP contribution in [-0.4, -0.2) is 35.7 Å². The Kier molecular flexibility index (Phi) is 4.68. The molecule has 0 spiro atoms. The molecule has 0 aliphatic carbocycles. The second-order valence-corrected chi connectivity index (χ2v) is 8.55. The van der Waals surface area contributed by atoms with Gasteiger partial charge in [-0.05, 0) is 55.5 Å². The number of nitrogens with one attached hydrogen (secondary N) is 1. The molecule has 2 aliphatic heterocycles. The Morgan fingerprint density at radius 3 is 2.61 bits per heavy atom. The Morgan fingerprint density at radius 2 is 1.93 bits per heavy atom. The molecule has 0 saturated carbocycles. The molecule has 2 aromatic carbocycles. The van der Waals surface area contributed by atoms with Gasteiger partial charge in [-0.25, -0.2) is 0 Å². The molecule has 2 aromatic rings. The molecule has 5 nitrogen and oxygen atoms in total. The first-order chi connectivity index (χ1) is 13.2. The molecule has 0 aromatic heterocycles. The molecule has 2 bridgehead atoms. The maximum absolute atomic E-state index is 13.2. The van der Waals surface area contributed by atoms with E-state index in [0.717, 1.165) is 11.3 Å². The number of ether oxygens (including phenoxy) is 1. The minimum Gasteiger partial charge on any atom is -0.467 e. The van der Waals surface area contributed by atoms with Crippen LogP contribution in [0.3, 0.4) is 0 Å². The van der Waals surface area contributed by atoms with Crippen molar-refractivity contribution in [1.82, 2.24) is 10.2 Å². The van der Waals surface area contributed by atoms with Crippen molar-refractivity contribution in [2.45, 2.75) is 18.7 Å². The molecular weight excluding hydrogens is 417 g/mol. The number of hydrogen-bond acceptors (Lipinski definition) is 3. The van der Waals surface area contributed by atoms with Gasteiger partial charge in [0.1, 0.15) is 11.7 Å². The third kappa shape index (κ3) is 2.91. The van der Waals surface area contributed by atoms with Crippen LogP contribution in [0.4, 0.5) is 5.69 Å². The van der Waals surface area contributed by atoms with Crippen molar-refractivity contribution < 1.29 is 9.53 Å². The number of anilines is 1. The number of fused-ring (bicyclic) bond motifs is 4. The Labute approximate surface area is 179 Å². The van der Waals surface area contributed by atoms with Crippen molar-refractivity contribution in [1.29, 1.82) is 0 Å². The number of carbonyl (C=O) groups is 1. The normalized spacial score (nSPS) is 25.5. The Morgan fingerprint density at radius 1 is 1.21 bits per heavy atom. The lowest BCUT2D eigenvalue weighted by atomic mass is 9.78. The molecule has 1 fully saturated rings. The van der Waals surface area contributed by atoms with Crippen molar-refractivity contribution in [3.05, 3.63) is 58.1 Å². The zero-order chi connectivity index (χ0) is 20.2. The van der Waals surface area contributed by atoms with E-state index in [4.69, 9.17) is 40.2 Å². The van der Waals surface area contributed by atoms with E-state index in [2.05, 4.69) is 5.32 Å². The van der Waals surface area contributed by atoms with Crippen molar-refractivity contribution in [2.75, 3.05) is 19.0 Å². The first-order valence-corrected chi connectivity index (χ1v) is 9.94. The summed E-state index contributed by atoms with van der Waals surface area (Å²) in [6, 6.07) is 12.4. The average Bonchev–Trinajstić information content (AvgIpc) is 2.61. The summed E-state index contributed by atoms with van der Waals surface area (Å²) in [7, 11) is 3.47. The predicted octanol–water partition coefficient (Wildman–Crippen LogP) is 4.24. The van der Waals surface area contributed by atoms with Gasteiger partial charge in [0.25, 0.3) is 0 Å². The van der Waals surface area contributed by atoms with Crippen LogP contribution in [0.25, 0.3) is 0 Å². The van der Waals surface area contributed by atoms with Crippen LogP contribution in [0.2, 0.25) is 10.0 Å². The summed E-state index contributed by atoms with van der Waals surface area (Å²) >= 11 is 18.1. The van der Waals surface area contributed by atoms with Gasteiger partial charge in [-0.2, -0.15) is 0 Å². The van der Waals surface area contributed by atoms with Gasteiger partial charge in [0, 0.05) is 35.4 Å². The van der Waals surface area contributed by atoms with Gasteiger partial charge in [0.2, 0.25) is 5.91 Å². The Balaban J connectivity index is 1.93. The maximum Gasteiger partial charge on any atom is 0.233 e. The maximum atomic E-state index is 13.2. The first-order valence-electron chi connectivity index (χ1n) is 8.78. The Bertz CT molecular complexity index is 984. The fourth-order valence-corrected chi connectivity index (χ4v) is 4.79. The van der Waals surface area contributed by atoms with Gasteiger partial charge in [-0.15, -0.1) is 0 Å². The van der Waals surface area contributed by atoms with Crippen LogP contribution in [-0.2, 0) is 4.79 Å². The summed E-state index contributed by atoms with van der Waals surface area (Å²) in [5, 5.41) is 4.95. The summed E-state index contributed by atoms with van der Waals surface area (Å²) in [5.74, 6) is 0.0426. The molecule has 4 rings (SSSR count). The van der Waals surface area contributed by atoms with E-state index in [1.807, 2.05) is 36.1 Å². The third-order valence-electron chi connectivity index (χ3n) is 5.23. The van der Waals surface area contributed by atoms with Crippen LogP contribution < -0.4 is 15.0 Å². The number of carbonyl (C=O) groups excluding carboxylic acids is 1. The van der Waals surface area contributed by atoms with E-state index in [9.17, 15) is 4.79 Å². The second kappa shape index (κ2) is 6.79. The van der Waals surface area contributed by atoms with E-state index in [1.165, 1.54) is 0 Å². The average molecular weight is 436 g/mol. The third-order valence-corrected chi connectivity index (χ3v) is 6.00. The van der Waals surface area contributed by atoms with Gasteiger partial charge in [0.05, 0.1) is 6.04 Å². The van der Waals surface area contributed by atoms with Crippen LogP contribution >= 0.6 is 35.4 Å². The number of thiocarbonyl (C=S) groups is 1. The summed E-state index contributed by atoms with van der Waals surface area (Å²) in [6.07, 6.45) is 0. The van der Waals surface area contributed by atoms with Crippen LogP contribution in [0.15, 0.2) is 42.5 Å². The highest BCUT2D eigenvalue weighted by molar-refractivity contribution is 7.80. The van der Waals surface area contributed by atoms with Crippen LogP contribution in [0, 0.1) is 5.92 Å². The fraction of sp³-hybridized carbons (Fsp3) is 0.300. The molecular formula is C20H19Cl2N3O2S. The number of halogens is 2. The molecule has 1 amide bonds. The molecule has 0 radical (unpaired) electrons. The molecule has 0 unspecified atom stereocenters. The lowest BCUT2D eigenvalue weighted by Gasteiger charge is -2.56. The number of rotatable bonds is 2. The van der Waals surface area contributed by atoms with Crippen LogP contribution in [0.5, 0.6) is 5.75 Å². The number of benzene rings is 2. The van der Waals surface area contributed by atoms with E-state index in [0.29, 0.717) is 20.9 Å². The van der Waals surface area contributed by atoms with E-state index in [1.54, 1.807) is 37.2 Å². The quantitative estimate of drug-likeness (QED) is 0.714. The smallest absolute Gasteiger partial charge is 0.233 e. The zero-order valence-electron chi connectivity index (χ0n) is 15.6. The van der Waals surface area contributed by atoms with Gasteiger partial charge in [-0.1, -0.05) is 29.3 Å². The lowest BCUT2D eigenvalue weighted by Crippen LogP contribution is -2.72. The highest BCUT2D eigenvalue weighted by atomic mass is 35.5. The fourth-order valence-electron chi connectivity index (χ4n) is 4.01. The predicted molar refractivity (Wildman–Crippen MR) is 115 cm³/mol. The number of amides is 1. The molecule has 8 heteroatoms. The number of nitrogens with zero attached hydrogens (tertiary/aromatic N) is 2. The molecule has 1 saturated heterocycles. The highest BCUT2D eigenvalue weighted by Gasteiger charge is 2.59. The second-order valence-electron chi connectivity index (χ2n) is 7.29. The molecule has 1 N–H and O–H groups in total. The summed E-state index contributed by atoms with van der Waals surface area (Å²) in [4.78, 5) is 16.6. The molecule has 2 heterocycles. The summed E-state index contributed by atoms with van der Waals surface area (Å²) < 4.78 is 6.46. The topological polar surface area (TPSA) is 44.8 Å². The molecule has 2 aliphatic rings. The van der Waals surface area contributed by atoms with Crippen molar-refractivity contribution in [2.24, 2.45) is 5.92 Å². The zero-order valence-corrected chi connectivity index (χ0v) is 17.9. The van der Waals surface area contributed by atoms with E-state index < -0.39 is 11.6 Å². The van der Waals surface area contributed by atoms with E-state index in [-0.39, 0.29) is 11.9 Å². The molecule has 3 atom stereocenters. The largest absolute Gasteiger partial charge is 0.467 e. The van der Waals surface area contributed by atoms with Crippen molar-refractivity contribution in [3.63, 3.8) is 0 Å². The minimum atomic E-state index is -1.04. The SMILES string of the molecule is CN(C)C(=O)[C@@H]1[C@H]2NC(=S)N(c3cccc(Cl)c3)[C@@]1(C)Oc1ccc(Cl)cc12. The highest BCUT2D eigenvalue weighted by Crippen LogP contribution is 2.50. The Hall–Kier alpha value is -2.02. The monoisotopic (exact) mass is 435 g/mol. The summed E-state index contributed by atoms with van der Waals surface area (Å²) in [6.45, 7) is 1.89. The van der Waals surface area contributed by atoms with Crippen molar-refractivity contribution >= 4 is 52.1 Å². The number of hydrogen-bond donors (Lipinski definition) is 1. The van der Waals surface area contributed by atoms with Gasteiger partial charge in [0.15, 0.2) is 10.8 Å². The first kappa shape index (κ1) is 19.3. The van der Waals surface area contributed by atoms with Gasteiger partial charge >= 0.3 is 0 Å². The summed E-state index contributed by atoms with van der Waals surface area (Å²) in [5.41, 5.74) is 0.526. The molecule has 28 heavy (non-hydrogen) atoms. The lowest BCUT2D eigenvalue weighted by molar-refractivity contribution is -0.144. The van der Waals surface area contributed by atoms with Crippen LogP contribution in [0.1, 0.15) is 18.5 Å². The van der Waals surface area contributed by atoms with E-state index >= 15 is 0 Å². The van der Waals surface area contributed by atoms with Gasteiger partial charge in [-0.3, -0.25) is 9.69 Å². The molecule has 146 valence electrons.